The third kappa shape index (κ3) is 3.49. The third-order valence-corrected chi connectivity index (χ3v) is 5.39. The van der Waals surface area contributed by atoms with Crippen molar-refractivity contribution in [3.05, 3.63) is 35.3 Å². The van der Waals surface area contributed by atoms with Crippen molar-refractivity contribution in [3.63, 3.8) is 0 Å². The van der Waals surface area contributed by atoms with E-state index in [4.69, 9.17) is 0 Å². The second-order valence-electron chi connectivity index (χ2n) is 7.64. The van der Waals surface area contributed by atoms with E-state index < -0.39 is 0 Å². The van der Waals surface area contributed by atoms with Crippen molar-refractivity contribution in [1.29, 1.82) is 0 Å². The maximum atomic E-state index is 4.46. The number of hydrogen-bond acceptors (Lipinski definition) is 7. The molecular weight excluding hydrogens is 326 g/mol. The molecule has 2 aliphatic rings. The molecule has 0 bridgehead atoms. The summed E-state index contributed by atoms with van der Waals surface area (Å²) in [6.07, 6.45) is 8.60. The maximum absolute atomic E-state index is 4.46. The maximum Gasteiger partial charge on any atom is 0.224 e. The number of hydrogen-bond donors (Lipinski definition) is 0. The molecule has 1 aliphatic carbocycles. The molecule has 7 nitrogen and oxygen atoms in total. The molecule has 0 atom stereocenters. The monoisotopic (exact) mass is 353 g/mol. The van der Waals surface area contributed by atoms with Gasteiger partial charge in [-0.15, -0.1) is 5.10 Å². The zero-order valence-electron chi connectivity index (χ0n) is 15.9. The van der Waals surface area contributed by atoms with Crippen LogP contribution in [0.1, 0.15) is 29.7 Å². The Morgan fingerprint density at radius 2 is 1.77 bits per heavy atom. The van der Waals surface area contributed by atoms with E-state index >= 15 is 0 Å². The predicted octanol–water partition coefficient (Wildman–Crippen LogP) is 1.53. The lowest BCUT2D eigenvalue weighted by Crippen LogP contribution is -2.58. The lowest BCUT2D eigenvalue weighted by Gasteiger charge is -2.44. The molecular formula is C19H27N7. The van der Waals surface area contributed by atoms with Gasteiger partial charge in [-0.25, -0.2) is 9.97 Å². The molecule has 0 radical (unpaired) electrons. The van der Waals surface area contributed by atoms with Gasteiger partial charge in [0.25, 0.3) is 0 Å². The van der Waals surface area contributed by atoms with E-state index in [2.05, 4.69) is 43.1 Å². The van der Waals surface area contributed by atoms with Gasteiger partial charge in [-0.05, 0) is 44.4 Å². The smallest absolute Gasteiger partial charge is 0.224 e. The summed E-state index contributed by atoms with van der Waals surface area (Å²) >= 11 is 0. The van der Waals surface area contributed by atoms with E-state index in [0.717, 1.165) is 49.8 Å². The first-order valence-corrected chi connectivity index (χ1v) is 9.39. The molecule has 0 spiro atoms. The Morgan fingerprint density at radius 3 is 2.50 bits per heavy atom. The van der Waals surface area contributed by atoms with Crippen LogP contribution in [0.25, 0.3) is 0 Å². The highest BCUT2D eigenvalue weighted by Gasteiger charge is 2.31. The molecule has 138 valence electrons. The summed E-state index contributed by atoms with van der Waals surface area (Å²) in [7, 11) is 6.07. The lowest BCUT2D eigenvalue weighted by atomic mass is 9.96. The molecule has 1 fully saturated rings. The molecule has 7 heteroatoms. The van der Waals surface area contributed by atoms with E-state index in [1.54, 1.807) is 0 Å². The van der Waals surface area contributed by atoms with Crippen molar-refractivity contribution in [2.45, 2.75) is 38.3 Å². The number of aryl methyl sites for hydroxylation is 2. The molecule has 1 aliphatic heterocycles. The highest BCUT2D eigenvalue weighted by molar-refractivity contribution is 5.45. The van der Waals surface area contributed by atoms with Gasteiger partial charge in [-0.2, -0.15) is 5.10 Å². The molecule has 4 rings (SSSR count). The molecule has 0 N–H and O–H groups in total. The standard InChI is InChI=1S/C19H27N7/c1-24(2)19-20-9-14(10-21-19)11-25(3)16-12-26(13-16)18-8-15-6-4-5-7-17(15)22-23-18/h8-10,16H,4-7,11-13H2,1-3H3. The fourth-order valence-electron chi connectivity index (χ4n) is 3.63. The number of aromatic nitrogens is 4. The summed E-state index contributed by atoms with van der Waals surface area (Å²) in [4.78, 5) is 15.4. The number of fused-ring (bicyclic) bond motifs is 1. The SMILES string of the molecule is CN(C)c1ncc(CN(C)C2CN(c3cc4c(nn3)CCCC4)C2)cn1. The number of nitrogens with zero attached hydrogens (tertiary/aromatic N) is 7. The molecule has 2 aromatic rings. The Bertz CT molecular complexity index is 753. The molecule has 3 heterocycles. The first-order chi connectivity index (χ1) is 12.6. The summed E-state index contributed by atoms with van der Waals surface area (Å²) in [6.45, 7) is 2.86. The topological polar surface area (TPSA) is 61.3 Å². The van der Waals surface area contributed by atoms with Gasteiger partial charge in [0, 0.05) is 57.7 Å². The van der Waals surface area contributed by atoms with Gasteiger partial charge in [0.15, 0.2) is 5.82 Å². The second-order valence-corrected chi connectivity index (χ2v) is 7.64. The quantitative estimate of drug-likeness (QED) is 0.808. The molecule has 0 aromatic carbocycles. The van der Waals surface area contributed by atoms with Gasteiger partial charge >= 0.3 is 0 Å². The molecule has 26 heavy (non-hydrogen) atoms. The van der Waals surface area contributed by atoms with E-state index in [1.807, 2.05) is 31.4 Å². The number of likely N-dealkylation sites (N-methyl/N-ethyl adjacent to an activating group) is 1. The van der Waals surface area contributed by atoms with Crippen LogP contribution in [0.3, 0.4) is 0 Å². The van der Waals surface area contributed by atoms with Crippen molar-refractivity contribution in [1.82, 2.24) is 25.1 Å². The van der Waals surface area contributed by atoms with Crippen LogP contribution in [0.5, 0.6) is 0 Å². The normalized spacial score (nSPS) is 17.2. The zero-order chi connectivity index (χ0) is 18.1. The Hall–Kier alpha value is -2.28. The predicted molar refractivity (Wildman–Crippen MR) is 103 cm³/mol. The van der Waals surface area contributed by atoms with Crippen molar-refractivity contribution in [3.8, 4) is 0 Å². The van der Waals surface area contributed by atoms with Crippen molar-refractivity contribution in [2.75, 3.05) is 44.0 Å². The van der Waals surface area contributed by atoms with Crippen molar-refractivity contribution >= 4 is 11.8 Å². The first-order valence-electron chi connectivity index (χ1n) is 9.39. The van der Waals surface area contributed by atoms with Crippen LogP contribution >= 0.6 is 0 Å². The summed E-state index contributed by atoms with van der Waals surface area (Å²) in [5.74, 6) is 1.78. The van der Waals surface area contributed by atoms with E-state index in [0.29, 0.717) is 6.04 Å². The van der Waals surface area contributed by atoms with Crippen LogP contribution in [-0.4, -0.2) is 65.3 Å². The van der Waals surface area contributed by atoms with Gasteiger partial charge < -0.3 is 9.80 Å². The third-order valence-electron chi connectivity index (χ3n) is 5.39. The lowest BCUT2D eigenvalue weighted by molar-refractivity contribution is 0.196. The fraction of sp³-hybridized carbons (Fsp3) is 0.579. The minimum absolute atomic E-state index is 0.529. The zero-order valence-corrected chi connectivity index (χ0v) is 15.9. The average molecular weight is 353 g/mol. The molecule has 0 saturated carbocycles. The van der Waals surface area contributed by atoms with Gasteiger partial charge in [-0.1, -0.05) is 0 Å². The minimum atomic E-state index is 0.529. The molecule has 2 aromatic heterocycles. The van der Waals surface area contributed by atoms with E-state index in [1.165, 1.54) is 24.1 Å². The van der Waals surface area contributed by atoms with Gasteiger partial charge in [0.1, 0.15) is 0 Å². The van der Waals surface area contributed by atoms with Crippen molar-refractivity contribution < 1.29 is 0 Å². The minimum Gasteiger partial charge on any atom is -0.352 e. The summed E-state index contributed by atoms with van der Waals surface area (Å²) in [6, 6.07) is 2.78. The highest BCUT2D eigenvalue weighted by Crippen LogP contribution is 2.26. The van der Waals surface area contributed by atoms with Crippen LogP contribution in [0.15, 0.2) is 18.5 Å². The Morgan fingerprint density at radius 1 is 1.04 bits per heavy atom. The average Bonchev–Trinajstić information content (AvgIpc) is 2.61. The summed E-state index contributed by atoms with van der Waals surface area (Å²) < 4.78 is 0. The first kappa shape index (κ1) is 17.1. The summed E-state index contributed by atoms with van der Waals surface area (Å²) in [5.41, 5.74) is 3.75. The van der Waals surface area contributed by atoms with Crippen LogP contribution in [0.2, 0.25) is 0 Å². The second kappa shape index (κ2) is 7.15. The largest absolute Gasteiger partial charge is 0.352 e. The molecule has 0 unspecified atom stereocenters. The molecule has 1 saturated heterocycles. The molecule has 0 amide bonds. The fourth-order valence-corrected chi connectivity index (χ4v) is 3.63. The van der Waals surface area contributed by atoms with Crippen LogP contribution in [-0.2, 0) is 19.4 Å². The number of rotatable bonds is 5. The summed E-state index contributed by atoms with van der Waals surface area (Å²) in [5, 5.41) is 8.91. The van der Waals surface area contributed by atoms with Gasteiger partial charge in [0.2, 0.25) is 5.95 Å². The Kier molecular flexibility index (Phi) is 4.72. The van der Waals surface area contributed by atoms with E-state index in [9.17, 15) is 0 Å². The number of anilines is 2. The van der Waals surface area contributed by atoms with Crippen molar-refractivity contribution in [2.24, 2.45) is 0 Å². The van der Waals surface area contributed by atoms with E-state index in [-0.39, 0.29) is 0 Å². The van der Waals surface area contributed by atoms with Gasteiger partial charge in [-0.3, -0.25) is 4.90 Å². The highest BCUT2D eigenvalue weighted by atomic mass is 15.4. The Balaban J connectivity index is 1.32. The Labute approximate surface area is 155 Å². The van der Waals surface area contributed by atoms with Crippen LogP contribution < -0.4 is 9.80 Å². The van der Waals surface area contributed by atoms with Gasteiger partial charge in [0.05, 0.1) is 5.69 Å². The van der Waals surface area contributed by atoms with Crippen LogP contribution in [0.4, 0.5) is 11.8 Å². The van der Waals surface area contributed by atoms with Crippen LogP contribution in [0, 0.1) is 0 Å².